The number of nitrogens with one attached hydrogen (secondary N) is 1. The average Bonchev–Trinajstić information content (AvgIpc) is 2.82. The summed E-state index contributed by atoms with van der Waals surface area (Å²) in [6, 6.07) is 11.6. The van der Waals surface area contributed by atoms with E-state index in [1.807, 2.05) is 39.8 Å². The minimum atomic E-state index is -3.56. The predicted molar refractivity (Wildman–Crippen MR) is 152 cm³/mol. The van der Waals surface area contributed by atoms with Gasteiger partial charge in [0, 0.05) is 41.7 Å². The minimum Gasteiger partial charge on any atom is -0.354 e. The van der Waals surface area contributed by atoms with Crippen molar-refractivity contribution in [2.75, 3.05) is 23.7 Å². The Kier molecular flexibility index (Phi) is 11.7. The van der Waals surface area contributed by atoms with Crippen molar-refractivity contribution < 1.29 is 18.0 Å². The molecule has 204 valence electrons. The third-order valence-corrected chi connectivity index (χ3v) is 7.89. The van der Waals surface area contributed by atoms with E-state index in [1.54, 1.807) is 30.3 Å². The molecule has 1 N–H and O–H groups in total. The molecule has 0 aliphatic rings. The molecule has 0 heterocycles. The standard InChI is InChI=1S/C27H37Cl2N3O4S/c1-6-24(27(34)30-17-19(2)3)31(18-21-22(28)12-9-13-23(21)29)26(33)15-10-16-32(37(5,35)36)25-14-8-7-11-20(25)4/h7-9,11-14,19,24H,6,10,15-18H2,1-5H3,(H,30,34)/t24-/m1/s1. The summed E-state index contributed by atoms with van der Waals surface area (Å²) in [6.45, 7) is 8.37. The topological polar surface area (TPSA) is 86.8 Å². The van der Waals surface area contributed by atoms with Crippen molar-refractivity contribution in [3.63, 3.8) is 0 Å². The summed E-state index contributed by atoms with van der Waals surface area (Å²) >= 11 is 12.8. The smallest absolute Gasteiger partial charge is 0.242 e. The van der Waals surface area contributed by atoms with Crippen molar-refractivity contribution in [1.82, 2.24) is 10.2 Å². The molecule has 37 heavy (non-hydrogen) atoms. The van der Waals surface area contributed by atoms with Crippen LogP contribution in [0.15, 0.2) is 42.5 Å². The quantitative estimate of drug-likeness (QED) is 0.348. The van der Waals surface area contributed by atoms with Gasteiger partial charge in [-0.1, -0.05) is 68.2 Å². The van der Waals surface area contributed by atoms with Gasteiger partial charge in [-0.25, -0.2) is 8.42 Å². The zero-order valence-corrected chi connectivity index (χ0v) is 24.5. The number of amides is 2. The molecule has 2 rings (SSSR count). The molecule has 7 nitrogen and oxygen atoms in total. The maximum atomic E-state index is 13.5. The van der Waals surface area contributed by atoms with Crippen LogP contribution in [0.5, 0.6) is 0 Å². The Hall–Kier alpha value is -2.29. The minimum absolute atomic E-state index is 0.0495. The van der Waals surface area contributed by atoms with Gasteiger partial charge in [0.2, 0.25) is 21.8 Å². The first kappa shape index (κ1) is 30.9. The number of hydrogen-bond donors (Lipinski definition) is 1. The number of aryl methyl sites for hydroxylation is 1. The Morgan fingerprint density at radius 3 is 2.19 bits per heavy atom. The van der Waals surface area contributed by atoms with Crippen LogP contribution in [-0.2, 0) is 26.2 Å². The molecule has 0 radical (unpaired) electrons. The van der Waals surface area contributed by atoms with Gasteiger partial charge in [-0.3, -0.25) is 13.9 Å². The first-order chi connectivity index (χ1) is 17.4. The van der Waals surface area contributed by atoms with Crippen LogP contribution < -0.4 is 9.62 Å². The number of halogens is 2. The summed E-state index contributed by atoms with van der Waals surface area (Å²) in [5, 5.41) is 3.73. The van der Waals surface area contributed by atoms with Crippen molar-refractivity contribution in [2.24, 2.45) is 5.92 Å². The number of carbonyl (C=O) groups excluding carboxylic acids is 2. The zero-order valence-electron chi connectivity index (χ0n) is 22.1. The molecule has 2 amide bonds. The number of para-hydroxylation sites is 1. The Bertz CT molecular complexity index is 1170. The fraction of sp³-hybridized carbons (Fsp3) is 0.481. The van der Waals surface area contributed by atoms with Gasteiger partial charge in [0.05, 0.1) is 11.9 Å². The lowest BCUT2D eigenvalue weighted by Crippen LogP contribution is -2.49. The maximum Gasteiger partial charge on any atom is 0.242 e. The Balaban J connectivity index is 2.28. The molecule has 0 aromatic heterocycles. The number of carbonyl (C=O) groups is 2. The van der Waals surface area contributed by atoms with Gasteiger partial charge in [0.1, 0.15) is 6.04 Å². The molecular weight excluding hydrogens is 533 g/mol. The van der Waals surface area contributed by atoms with Crippen LogP contribution in [0, 0.1) is 12.8 Å². The number of sulfonamides is 1. The van der Waals surface area contributed by atoms with Gasteiger partial charge < -0.3 is 10.2 Å². The molecule has 0 fully saturated rings. The number of anilines is 1. The molecule has 10 heteroatoms. The highest BCUT2D eigenvalue weighted by Crippen LogP contribution is 2.28. The maximum absolute atomic E-state index is 13.5. The van der Waals surface area contributed by atoms with Gasteiger partial charge in [0.15, 0.2) is 0 Å². The van der Waals surface area contributed by atoms with Crippen LogP contribution in [0.25, 0.3) is 0 Å². The molecular formula is C27H37Cl2N3O4S. The number of benzene rings is 2. The molecule has 0 saturated carbocycles. The van der Waals surface area contributed by atoms with E-state index in [1.165, 1.54) is 9.21 Å². The van der Waals surface area contributed by atoms with Crippen LogP contribution in [0.3, 0.4) is 0 Å². The third-order valence-electron chi connectivity index (χ3n) is 6.00. The Morgan fingerprint density at radius 2 is 1.65 bits per heavy atom. The van der Waals surface area contributed by atoms with Crippen molar-refractivity contribution in [2.45, 2.75) is 59.5 Å². The highest BCUT2D eigenvalue weighted by atomic mass is 35.5. The summed E-state index contributed by atoms with van der Waals surface area (Å²) in [5.74, 6) is -0.266. The second kappa shape index (κ2) is 14.0. The lowest BCUT2D eigenvalue weighted by Gasteiger charge is -2.32. The molecule has 0 unspecified atom stereocenters. The molecule has 0 saturated heterocycles. The second-order valence-corrected chi connectivity index (χ2v) is 12.2. The van der Waals surface area contributed by atoms with Gasteiger partial charge >= 0.3 is 0 Å². The average molecular weight is 571 g/mol. The zero-order chi connectivity index (χ0) is 27.8. The monoisotopic (exact) mass is 569 g/mol. The Labute approximate surface area is 231 Å². The number of nitrogens with zero attached hydrogens (tertiary/aromatic N) is 2. The van der Waals surface area contributed by atoms with E-state index >= 15 is 0 Å². The molecule has 0 aliphatic carbocycles. The molecule has 0 aliphatic heterocycles. The summed E-state index contributed by atoms with van der Waals surface area (Å²) in [4.78, 5) is 28.1. The van der Waals surface area contributed by atoms with Gasteiger partial charge in [-0.15, -0.1) is 0 Å². The SMILES string of the molecule is CC[C@H](C(=O)NCC(C)C)N(Cc1c(Cl)cccc1Cl)C(=O)CCCN(c1ccccc1C)S(C)(=O)=O. The highest BCUT2D eigenvalue weighted by Gasteiger charge is 2.30. The van der Waals surface area contributed by atoms with Crippen molar-refractivity contribution in [3.05, 3.63) is 63.6 Å². The van der Waals surface area contributed by atoms with E-state index in [0.29, 0.717) is 34.3 Å². The first-order valence-corrected chi connectivity index (χ1v) is 15.0. The van der Waals surface area contributed by atoms with Crippen molar-refractivity contribution >= 4 is 50.7 Å². The van der Waals surface area contributed by atoms with Gasteiger partial charge in [-0.2, -0.15) is 0 Å². The fourth-order valence-electron chi connectivity index (χ4n) is 4.02. The molecule has 2 aromatic carbocycles. The van der Waals surface area contributed by atoms with E-state index in [0.717, 1.165) is 11.8 Å². The summed E-state index contributed by atoms with van der Waals surface area (Å²) in [5.41, 5.74) is 1.96. The summed E-state index contributed by atoms with van der Waals surface area (Å²) in [7, 11) is -3.56. The lowest BCUT2D eigenvalue weighted by molar-refractivity contribution is -0.141. The largest absolute Gasteiger partial charge is 0.354 e. The van der Waals surface area contributed by atoms with E-state index in [-0.39, 0.29) is 43.7 Å². The van der Waals surface area contributed by atoms with Crippen molar-refractivity contribution in [3.8, 4) is 0 Å². The number of rotatable bonds is 13. The van der Waals surface area contributed by atoms with Crippen LogP contribution in [0.2, 0.25) is 10.0 Å². The van der Waals surface area contributed by atoms with E-state index in [9.17, 15) is 18.0 Å². The van der Waals surface area contributed by atoms with E-state index in [2.05, 4.69) is 5.32 Å². The van der Waals surface area contributed by atoms with Crippen LogP contribution in [0.4, 0.5) is 5.69 Å². The molecule has 0 spiro atoms. The van der Waals surface area contributed by atoms with Crippen LogP contribution >= 0.6 is 23.2 Å². The molecule has 1 atom stereocenters. The summed E-state index contributed by atoms with van der Waals surface area (Å²) < 4.78 is 26.4. The van der Waals surface area contributed by atoms with E-state index < -0.39 is 16.1 Å². The van der Waals surface area contributed by atoms with Crippen LogP contribution in [0.1, 0.15) is 51.2 Å². The Morgan fingerprint density at radius 1 is 1.03 bits per heavy atom. The third kappa shape index (κ3) is 8.90. The highest BCUT2D eigenvalue weighted by molar-refractivity contribution is 7.92. The molecule has 0 bridgehead atoms. The normalized spacial score (nSPS) is 12.3. The number of hydrogen-bond acceptors (Lipinski definition) is 4. The fourth-order valence-corrected chi connectivity index (χ4v) is 5.56. The first-order valence-electron chi connectivity index (χ1n) is 12.4. The van der Waals surface area contributed by atoms with Crippen LogP contribution in [-0.4, -0.2) is 50.5 Å². The lowest BCUT2D eigenvalue weighted by atomic mass is 10.1. The molecule has 2 aromatic rings. The van der Waals surface area contributed by atoms with Gasteiger partial charge in [0.25, 0.3) is 0 Å². The predicted octanol–water partition coefficient (Wildman–Crippen LogP) is 5.43. The van der Waals surface area contributed by atoms with Crippen molar-refractivity contribution in [1.29, 1.82) is 0 Å². The van der Waals surface area contributed by atoms with Gasteiger partial charge in [-0.05, 0) is 49.4 Å². The van der Waals surface area contributed by atoms with E-state index in [4.69, 9.17) is 23.2 Å². The summed E-state index contributed by atoms with van der Waals surface area (Å²) in [6.07, 6.45) is 1.88. The second-order valence-electron chi connectivity index (χ2n) is 9.51.